The van der Waals surface area contributed by atoms with Gasteiger partial charge in [0.25, 0.3) is 9.05 Å². The summed E-state index contributed by atoms with van der Waals surface area (Å²) in [5.74, 6) is 0. The molecule has 0 N–H and O–H groups in total. The molecule has 2 aromatic rings. The maximum atomic E-state index is 11.2. The van der Waals surface area contributed by atoms with E-state index in [1.165, 1.54) is 10.9 Å². The first-order valence-corrected chi connectivity index (χ1v) is 7.33. The molecule has 0 aliphatic heterocycles. The van der Waals surface area contributed by atoms with Gasteiger partial charge in [0.2, 0.25) is 0 Å². The van der Waals surface area contributed by atoms with E-state index in [1.54, 1.807) is 31.2 Å². The number of nitrogens with zero attached hydrogens (tertiary/aromatic N) is 2. The summed E-state index contributed by atoms with van der Waals surface area (Å²) < 4.78 is 23.9. The highest BCUT2D eigenvalue weighted by atomic mass is 35.7. The van der Waals surface area contributed by atoms with Crippen molar-refractivity contribution in [3.63, 3.8) is 0 Å². The van der Waals surface area contributed by atoms with Crippen LogP contribution in [0.15, 0.2) is 35.4 Å². The van der Waals surface area contributed by atoms with Gasteiger partial charge in [0.05, 0.1) is 17.6 Å². The van der Waals surface area contributed by atoms with E-state index in [2.05, 4.69) is 5.10 Å². The van der Waals surface area contributed by atoms with Gasteiger partial charge >= 0.3 is 0 Å². The first-order chi connectivity index (χ1) is 7.88. The van der Waals surface area contributed by atoms with Gasteiger partial charge in [-0.05, 0) is 31.2 Å². The summed E-state index contributed by atoms with van der Waals surface area (Å²) in [6.45, 7) is 1.59. The van der Waals surface area contributed by atoms with Crippen molar-refractivity contribution in [3.8, 4) is 5.69 Å². The van der Waals surface area contributed by atoms with Crippen LogP contribution >= 0.6 is 22.3 Å². The van der Waals surface area contributed by atoms with E-state index in [1.807, 2.05) is 0 Å². The molecule has 0 unspecified atom stereocenters. The van der Waals surface area contributed by atoms with Crippen molar-refractivity contribution in [2.75, 3.05) is 0 Å². The molecule has 90 valence electrons. The SMILES string of the molecule is Cc1nn(-c2ccc(Cl)cc2)cc1S(=O)(=O)Cl. The zero-order chi connectivity index (χ0) is 12.6. The van der Waals surface area contributed by atoms with Crippen molar-refractivity contribution in [2.24, 2.45) is 0 Å². The highest BCUT2D eigenvalue weighted by Gasteiger charge is 2.17. The van der Waals surface area contributed by atoms with Gasteiger partial charge in [-0.1, -0.05) is 11.6 Å². The van der Waals surface area contributed by atoms with Crippen molar-refractivity contribution in [1.29, 1.82) is 0 Å². The van der Waals surface area contributed by atoms with Crippen molar-refractivity contribution in [2.45, 2.75) is 11.8 Å². The van der Waals surface area contributed by atoms with Gasteiger partial charge in [0.1, 0.15) is 4.90 Å². The second kappa shape index (κ2) is 4.33. The van der Waals surface area contributed by atoms with Crippen LogP contribution in [0.3, 0.4) is 0 Å². The van der Waals surface area contributed by atoms with Crippen LogP contribution in [-0.4, -0.2) is 18.2 Å². The minimum Gasteiger partial charge on any atom is -0.239 e. The number of aryl methyl sites for hydroxylation is 1. The summed E-state index contributed by atoms with van der Waals surface area (Å²) >= 11 is 5.76. The van der Waals surface area contributed by atoms with Crippen LogP contribution in [0.25, 0.3) is 5.69 Å². The molecular formula is C10H8Cl2N2O2S. The second-order valence-corrected chi connectivity index (χ2v) is 6.41. The van der Waals surface area contributed by atoms with Gasteiger partial charge in [0, 0.05) is 15.7 Å². The molecule has 1 heterocycles. The van der Waals surface area contributed by atoms with E-state index >= 15 is 0 Å². The lowest BCUT2D eigenvalue weighted by Gasteiger charge is -1.99. The molecule has 17 heavy (non-hydrogen) atoms. The van der Waals surface area contributed by atoms with Crippen molar-refractivity contribution in [3.05, 3.63) is 41.2 Å². The lowest BCUT2D eigenvalue weighted by molar-refractivity contribution is 0.609. The summed E-state index contributed by atoms with van der Waals surface area (Å²) in [7, 11) is 1.52. The third-order valence-corrected chi connectivity index (χ3v) is 3.88. The molecule has 7 heteroatoms. The summed E-state index contributed by atoms with van der Waals surface area (Å²) in [5.41, 5.74) is 1.07. The molecule has 0 amide bonds. The van der Waals surface area contributed by atoms with Crippen molar-refractivity contribution in [1.82, 2.24) is 9.78 Å². The zero-order valence-electron chi connectivity index (χ0n) is 8.76. The van der Waals surface area contributed by atoms with Crippen LogP contribution in [0.1, 0.15) is 5.69 Å². The standard InChI is InChI=1S/C10H8Cl2N2O2S/c1-7-10(17(12,15)16)6-14(13-7)9-4-2-8(11)3-5-9/h2-6H,1H3. The molecule has 0 radical (unpaired) electrons. The Hall–Kier alpha value is -1.04. The third kappa shape index (κ3) is 2.62. The molecule has 0 atom stereocenters. The van der Waals surface area contributed by atoms with Crippen LogP contribution in [0, 0.1) is 6.92 Å². The molecule has 0 aliphatic rings. The Labute approximate surface area is 108 Å². The van der Waals surface area contributed by atoms with E-state index in [4.69, 9.17) is 22.3 Å². The topological polar surface area (TPSA) is 52.0 Å². The van der Waals surface area contributed by atoms with E-state index < -0.39 is 9.05 Å². The summed E-state index contributed by atoms with van der Waals surface area (Å²) in [5, 5.41) is 4.69. The average Bonchev–Trinajstić information content (AvgIpc) is 2.61. The summed E-state index contributed by atoms with van der Waals surface area (Å²) in [4.78, 5) is 0.00844. The van der Waals surface area contributed by atoms with Gasteiger partial charge in [-0.3, -0.25) is 0 Å². The first-order valence-electron chi connectivity index (χ1n) is 4.65. The van der Waals surface area contributed by atoms with Crippen LogP contribution in [0.4, 0.5) is 0 Å². The molecule has 2 rings (SSSR count). The van der Waals surface area contributed by atoms with E-state index in [9.17, 15) is 8.42 Å². The number of hydrogen-bond acceptors (Lipinski definition) is 3. The highest BCUT2D eigenvalue weighted by Crippen LogP contribution is 2.21. The Morgan fingerprint density at radius 2 is 1.82 bits per heavy atom. The average molecular weight is 291 g/mol. The number of benzene rings is 1. The zero-order valence-corrected chi connectivity index (χ0v) is 11.1. The van der Waals surface area contributed by atoms with Gasteiger partial charge in [0.15, 0.2) is 0 Å². The smallest absolute Gasteiger partial charge is 0.239 e. The molecule has 1 aromatic heterocycles. The number of aromatic nitrogens is 2. The highest BCUT2D eigenvalue weighted by molar-refractivity contribution is 8.13. The molecule has 0 saturated heterocycles. The minimum atomic E-state index is -3.77. The van der Waals surface area contributed by atoms with Gasteiger partial charge < -0.3 is 0 Å². The Bertz CT molecular complexity index is 647. The van der Waals surface area contributed by atoms with E-state index in [0.717, 1.165) is 0 Å². The molecule has 0 fully saturated rings. The largest absolute Gasteiger partial charge is 0.264 e. The summed E-state index contributed by atoms with van der Waals surface area (Å²) in [6.07, 6.45) is 1.38. The maximum Gasteiger partial charge on any atom is 0.264 e. The fourth-order valence-electron chi connectivity index (χ4n) is 1.41. The van der Waals surface area contributed by atoms with E-state index in [0.29, 0.717) is 16.4 Å². The van der Waals surface area contributed by atoms with Crippen molar-refractivity contribution >= 4 is 31.3 Å². The Morgan fingerprint density at radius 1 is 1.24 bits per heavy atom. The Morgan fingerprint density at radius 3 is 2.29 bits per heavy atom. The predicted octanol–water partition coefficient (Wildman–Crippen LogP) is 2.76. The third-order valence-electron chi connectivity index (χ3n) is 2.21. The van der Waals surface area contributed by atoms with Crippen LogP contribution in [0.5, 0.6) is 0 Å². The first kappa shape index (κ1) is 12.4. The molecule has 0 saturated carbocycles. The molecule has 1 aromatic carbocycles. The lowest BCUT2D eigenvalue weighted by atomic mass is 10.3. The maximum absolute atomic E-state index is 11.2. The predicted molar refractivity (Wildman–Crippen MR) is 66.3 cm³/mol. The number of rotatable bonds is 2. The number of halogens is 2. The minimum absolute atomic E-state index is 0.00844. The fraction of sp³-hybridized carbons (Fsp3) is 0.100. The molecule has 4 nitrogen and oxygen atoms in total. The van der Waals surface area contributed by atoms with Crippen molar-refractivity contribution < 1.29 is 8.42 Å². The number of hydrogen-bond donors (Lipinski definition) is 0. The molecule has 0 aliphatic carbocycles. The Kier molecular flexibility index (Phi) is 3.16. The lowest BCUT2D eigenvalue weighted by Crippen LogP contribution is -1.93. The van der Waals surface area contributed by atoms with Crippen LogP contribution in [0.2, 0.25) is 5.02 Å². The molecule has 0 spiro atoms. The quantitative estimate of drug-likeness (QED) is 0.799. The van der Waals surface area contributed by atoms with E-state index in [-0.39, 0.29) is 4.90 Å². The summed E-state index contributed by atoms with van der Waals surface area (Å²) in [6, 6.07) is 6.87. The van der Waals surface area contributed by atoms with Crippen LogP contribution < -0.4 is 0 Å². The molecular weight excluding hydrogens is 283 g/mol. The Balaban J connectivity index is 2.52. The normalized spacial score (nSPS) is 11.7. The second-order valence-electron chi connectivity index (χ2n) is 3.44. The van der Waals surface area contributed by atoms with Gasteiger partial charge in [-0.15, -0.1) is 0 Å². The van der Waals surface area contributed by atoms with Gasteiger partial charge in [-0.2, -0.15) is 5.10 Å². The fourth-order valence-corrected chi connectivity index (χ4v) is 2.61. The molecule has 0 bridgehead atoms. The van der Waals surface area contributed by atoms with Crippen LogP contribution in [-0.2, 0) is 9.05 Å². The monoisotopic (exact) mass is 290 g/mol. The van der Waals surface area contributed by atoms with Gasteiger partial charge in [-0.25, -0.2) is 13.1 Å².